The molecule has 0 aliphatic carbocycles. The highest BCUT2D eigenvalue weighted by Gasteiger charge is 2.18. The number of H-pyrrole nitrogens is 1. The lowest BCUT2D eigenvalue weighted by Crippen LogP contribution is -2.01. The maximum atomic E-state index is 11.8. The Balaban J connectivity index is 1.92. The fourth-order valence-electron chi connectivity index (χ4n) is 3.03. The van der Waals surface area contributed by atoms with E-state index in [1.54, 1.807) is 18.2 Å². The Morgan fingerprint density at radius 2 is 1.88 bits per heavy atom. The third-order valence-electron chi connectivity index (χ3n) is 4.31. The monoisotopic (exact) mass is 407 g/mol. The molecule has 5 nitrogen and oxygen atoms in total. The van der Waals surface area contributed by atoms with Crippen LogP contribution in [0.5, 0.6) is 0 Å². The van der Waals surface area contributed by atoms with Crippen LogP contribution in [0.2, 0.25) is 0 Å². The van der Waals surface area contributed by atoms with Crippen molar-refractivity contribution in [2.45, 2.75) is 6.92 Å². The van der Waals surface area contributed by atoms with E-state index in [-0.39, 0.29) is 5.56 Å². The first-order chi connectivity index (χ1) is 12.5. The number of pyridine rings is 1. The highest BCUT2D eigenvalue weighted by Crippen LogP contribution is 2.31. The average molecular weight is 408 g/mol. The van der Waals surface area contributed by atoms with E-state index in [2.05, 4.69) is 31.1 Å². The van der Waals surface area contributed by atoms with Gasteiger partial charge in [-0.3, -0.25) is 5.10 Å². The lowest BCUT2D eigenvalue weighted by molar-refractivity contribution is 0.0699. The zero-order chi connectivity index (χ0) is 18.3. The minimum Gasteiger partial charge on any atom is -0.478 e. The van der Waals surface area contributed by atoms with Gasteiger partial charge in [0.25, 0.3) is 0 Å². The fraction of sp³-hybridized carbons (Fsp3) is 0.0500. The van der Waals surface area contributed by atoms with Gasteiger partial charge in [0, 0.05) is 21.0 Å². The van der Waals surface area contributed by atoms with E-state index < -0.39 is 5.97 Å². The Hall–Kier alpha value is -2.99. The second-order valence-electron chi connectivity index (χ2n) is 5.96. The molecule has 2 aromatic heterocycles. The Morgan fingerprint density at radius 3 is 2.62 bits per heavy atom. The molecule has 0 radical (unpaired) electrons. The van der Waals surface area contributed by atoms with Crippen LogP contribution in [-0.4, -0.2) is 26.3 Å². The number of nitrogens with one attached hydrogen (secondary N) is 1. The standard InChI is InChI=1S/C20H14BrN3O2/c1-11-18(12-5-3-2-4-6-12)23-24-19(11)17-10-15(20(25)26)14-9-13(21)7-8-16(14)22-17/h2-10H,1H3,(H,23,24)(H,25,26). The highest BCUT2D eigenvalue weighted by molar-refractivity contribution is 9.10. The molecule has 0 bridgehead atoms. The fourth-order valence-corrected chi connectivity index (χ4v) is 3.39. The molecule has 2 N–H and O–H groups in total. The molecule has 0 saturated carbocycles. The number of rotatable bonds is 3. The molecule has 4 aromatic rings. The van der Waals surface area contributed by atoms with Gasteiger partial charge in [0.1, 0.15) is 0 Å². The number of aromatic nitrogens is 3. The highest BCUT2D eigenvalue weighted by atomic mass is 79.9. The van der Waals surface area contributed by atoms with Crippen LogP contribution in [0.1, 0.15) is 15.9 Å². The molecule has 2 heterocycles. The van der Waals surface area contributed by atoms with E-state index in [1.807, 2.05) is 43.3 Å². The summed E-state index contributed by atoms with van der Waals surface area (Å²) < 4.78 is 0.811. The number of hydrogen-bond acceptors (Lipinski definition) is 3. The molecular formula is C20H14BrN3O2. The lowest BCUT2D eigenvalue weighted by Gasteiger charge is -2.07. The van der Waals surface area contributed by atoms with Crippen LogP contribution in [0.3, 0.4) is 0 Å². The first kappa shape index (κ1) is 16.5. The number of fused-ring (bicyclic) bond motifs is 1. The van der Waals surface area contributed by atoms with E-state index in [4.69, 9.17) is 0 Å². The van der Waals surface area contributed by atoms with Crippen molar-refractivity contribution in [3.63, 3.8) is 0 Å². The largest absolute Gasteiger partial charge is 0.478 e. The van der Waals surface area contributed by atoms with Gasteiger partial charge in [-0.15, -0.1) is 0 Å². The summed E-state index contributed by atoms with van der Waals surface area (Å²) in [5, 5.41) is 17.6. The van der Waals surface area contributed by atoms with Crippen LogP contribution in [0, 0.1) is 6.92 Å². The van der Waals surface area contributed by atoms with Crippen molar-refractivity contribution in [2.24, 2.45) is 0 Å². The predicted molar refractivity (Wildman–Crippen MR) is 104 cm³/mol. The van der Waals surface area contributed by atoms with Gasteiger partial charge in [0.05, 0.1) is 28.2 Å². The molecule has 0 spiro atoms. The average Bonchev–Trinajstić information content (AvgIpc) is 3.03. The third kappa shape index (κ3) is 2.78. The Morgan fingerprint density at radius 1 is 1.12 bits per heavy atom. The van der Waals surface area contributed by atoms with Gasteiger partial charge in [0.2, 0.25) is 0 Å². The first-order valence-electron chi connectivity index (χ1n) is 7.99. The Kier molecular flexibility index (Phi) is 4.05. The summed E-state index contributed by atoms with van der Waals surface area (Å²) in [7, 11) is 0. The summed E-state index contributed by atoms with van der Waals surface area (Å²) in [5.74, 6) is -0.989. The molecule has 2 aromatic carbocycles. The molecule has 0 saturated heterocycles. The zero-order valence-electron chi connectivity index (χ0n) is 13.8. The van der Waals surface area contributed by atoms with Crippen molar-refractivity contribution in [3.8, 4) is 22.6 Å². The molecule has 26 heavy (non-hydrogen) atoms. The predicted octanol–water partition coefficient (Wildman–Crippen LogP) is 5.06. The smallest absolute Gasteiger partial charge is 0.336 e. The summed E-state index contributed by atoms with van der Waals surface area (Å²) in [4.78, 5) is 16.4. The maximum absolute atomic E-state index is 11.8. The van der Waals surface area contributed by atoms with Crippen molar-refractivity contribution < 1.29 is 9.90 Å². The van der Waals surface area contributed by atoms with Gasteiger partial charge in [-0.1, -0.05) is 46.3 Å². The molecule has 0 aliphatic rings. The number of aromatic carboxylic acids is 1. The second kappa shape index (κ2) is 6.38. The second-order valence-corrected chi connectivity index (χ2v) is 6.88. The summed E-state index contributed by atoms with van der Waals surface area (Å²) in [6.45, 7) is 1.95. The third-order valence-corrected chi connectivity index (χ3v) is 4.81. The van der Waals surface area contributed by atoms with E-state index in [9.17, 15) is 9.90 Å². The molecule has 0 fully saturated rings. The van der Waals surface area contributed by atoms with Crippen LogP contribution in [0.4, 0.5) is 0 Å². The minimum atomic E-state index is -0.989. The maximum Gasteiger partial charge on any atom is 0.336 e. The summed E-state index contributed by atoms with van der Waals surface area (Å²) in [6.07, 6.45) is 0. The van der Waals surface area contributed by atoms with Crippen LogP contribution in [0.25, 0.3) is 33.5 Å². The van der Waals surface area contributed by atoms with Gasteiger partial charge >= 0.3 is 5.97 Å². The first-order valence-corrected chi connectivity index (χ1v) is 8.78. The molecule has 128 valence electrons. The summed E-state index contributed by atoms with van der Waals surface area (Å²) in [6, 6.07) is 16.8. The molecule has 0 atom stereocenters. The van der Waals surface area contributed by atoms with Crippen LogP contribution in [-0.2, 0) is 0 Å². The van der Waals surface area contributed by atoms with Gasteiger partial charge in [-0.25, -0.2) is 9.78 Å². The number of benzene rings is 2. The van der Waals surface area contributed by atoms with Crippen molar-refractivity contribution in [2.75, 3.05) is 0 Å². The molecule has 0 unspecified atom stereocenters. The topological polar surface area (TPSA) is 78.9 Å². The molecule has 0 aliphatic heterocycles. The van der Waals surface area contributed by atoms with Gasteiger partial charge in [-0.2, -0.15) is 5.10 Å². The Bertz CT molecular complexity index is 1140. The van der Waals surface area contributed by atoms with Crippen LogP contribution in [0.15, 0.2) is 59.1 Å². The molecule has 0 amide bonds. The van der Waals surface area contributed by atoms with E-state index >= 15 is 0 Å². The number of carbonyl (C=O) groups is 1. The van der Waals surface area contributed by atoms with Crippen LogP contribution >= 0.6 is 15.9 Å². The number of carboxylic acid groups (broad SMARTS) is 1. The lowest BCUT2D eigenvalue weighted by atomic mass is 10.0. The molecular weight excluding hydrogens is 394 g/mol. The van der Waals surface area contributed by atoms with Crippen molar-refractivity contribution >= 4 is 32.8 Å². The molecule has 4 rings (SSSR count). The minimum absolute atomic E-state index is 0.210. The van der Waals surface area contributed by atoms with Crippen molar-refractivity contribution in [1.82, 2.24) is 15.2 Å². The number of nitrogens with zero attached hydrogens (tertiary/aromatic N) is 2. The SMILES string of the molecule is Cc1c(-c2ccccc2)n[nH]c1-c1cc(C(=O)O)c2cc(Br)ccc2n1. The van der Waals surface area contributed by atoms with Crippen LogP contribution < -0.4 is 0 Å². The van der Waals surface area contributed by atoms with Crippen molar-refractivity contribution in [1.29, 1.82) is 0 Å². The summed E-state index contributed by atoms with van der Waals surface area (Å²) in [5.41, 5.74) is 4.86. The van der Waals surface area contributed by atoms with E-state index in [1.165, 1.54) is 0 Å². The summed E-state index contributed by atoms with van der Waals surface area (Å²) >= 11 is 3.38. The number of halogens is 1. The Labute approximate surface area is 157 Å². The number of carboxylic acids is 1. The van der Waals surface area contributed by atoms with Crippen molar-refractivity contribution in [3.05, 3.63) is 70.2 Å². The number of hydrogen-bond donors (Lipinski definition) is 2. The number of aromatic amines is 1. The van der Waals surface area contributed by atoms with Gasteiger partial charge in [0.15, 0.2) is 0 Å². The quantitative estimate of drug-likeness (QED) is 0.497. The van der Waals surface area contributed by atoms with E-state index in [0.29, 0.717) is 16.6 Å². The molecule has 6 heteroatoms. The van der Waals surface area contributed by atoms with E-state index in [0.717, 1.165) is 27.0 Å². The normalized spacial score (nSPS) is 11.0. The van der Waals surface area contributed by atoms with Gasteiger partial charge < -0.3 is 5.11 Å². The van der Waals surface area contributed by atoms with Gasteiger partial charge in [-0.05, 0) is 31.2 Å². The zero-order valence-corrected chi connectivity index (χ0v) is 15.4.